The Hall–Kier alpha value is -0.470. The topological polar surface area (TPSA) is 61.4 Å². The van der Waals surface area contributed by atoms with Gasteiger partial charge < -0.3 is 10.2 Å². The molecule has 3 rings (SSSR count). The van der Waals surface area contributed by atoms with E-state index in [1.165, 1.54) is 37.0 Å². The second-order valence-electron chi connectivity index (χ2n) is 5.88. The zero-order valence-corrected chi connectivity index (χ0v) is 13.8. The third kappa shape index (κ3) is 4.50. The summed E-state index contributed by atoms with van der Waals surface area (Å²) in [5, 5.41) is 5.34. The van der Waals surface area contributed by atoms with Crippen LogP contribution in [0.3, 0.4) is 0 Å². The fraction of sp³-hybridized carbons (Fsp3) is 0.714. The van der Waals surface area contributed by atoms with Crippen LogP contribution in [-0.2, 0) is 16.6 Å². The highest BCUT2D eigenvalue weighted by atomic mass is 32.2. The molecular formula is C14H23N3O2S2. The predicted molar refractivity (Wildman–Crippen MR) is 85.0 cm³/mol. The fourth-order valence-electron chi connectivity index (χ4n) is 2.55. The highest BCUT2D eigenvalue weighted by Crippen LogP contribution is 2.23. The lowest BCUT2D eigenvalue weighted by Crippen LogP contribution is -2.33. The molecule has 0 spiro atoms. The van der Waals surface area contributed by atoms with Gasteiger partial charge in [0.25, 0.3) is 0 Å². The van der Waals surface area contributed by atoms with Crippen molar-refractivity contribution in [3.8, 4) is 0 Å². The lowest BCUT2D eigenvalue weighted by Gasteiger charge is -2.14. The van der Waals surface area contributed by atoms with E-state index in [0.29, 0.717) is 16.8 Å². The number of nitrogens with zero attached hydrogens (tertiary/aromatic N) is 1. The molecule has 1 aliphatic heterocycles. The Balaban J connectivity index is 1.48. The first-order valence-corrected chi connectivity index (χ1v) is 10.0. The number of likely N-dealkylation sites (tertiary alicyclic amines) is 1. The van der Waals surface area contributed by atoms with Gasteiger partial charge in [-0.3, -0.25) is 0 Å². The first kappa shape index (κ1) is 15.4. The first-order chi connectivity index (χ1) is 10.1. The average molecular weight is 329 g/mol. The van der Waals surface area contributed by atoms with E-state index in [1.54, 1.807) is 6.07 Å². The van der Waals surface area contributed by atoms with Crippen molar-refractivity contribution >= 4 is 21.4 Å². The molecule has 0 unspecified atom stereocenters. The van der Waals surface area contributed by atoms with Gasteiger partial charge in [-0.15, -0.1) is 11.3 Å². The van der Waals surface area contributed by atoms with Crippen LogP contribution in [-0.4, -0.2) is 45.5 Å². The van der Waals surface area contributed by atoms with Crippen LogP contribution in [0.5, 0.6) is 0 Å². The van der Waals surface area contributed by atoms with Crippen molar-refractivity contribution < 1.29 is 8.42 Å². The highest BCUT2D eigenvalue weighted by molar-refractivity contribution is 7.91. The quantitative estimate of drug-likeness (QED) is 0.756. The van der Waals surface area contributed by atoms with E-state index in [0.717, 1.165) is 31.7 Å². The van der Waals surface area contributed by atoms with Crippen LogP contribution in [0.2, 0.25) is 0 Å². The molecule has 0 radical (unpaired) electrons. The molecule has 2 heterocycles. The molecule has 1 aromatic rings. The molecule has 5 nitrogen and oxygen atoms in total. The molecule has 118 valence electrons. The van der Waals surface area contributed by atoms with Crippen LogP contribution in [0.1, 0.15) is 31.2 Å². The molecule has 2 aliphatic rings. The maximum atomic E-state index is 12.2. The zero-order valence-electron chi connectivity index (χ0n) is 12.2. The van der Waals surface area contributed by atoms with Gasteiger partial charge >= 0.3 is 0 Å². The summed E-state index contributed by atoms with van der Waals surface area (Å²) in [5.74, 6) is 0. The van der Waals surface area contributed by atoms with Crippen LogP contribution in [0.25, 0.3) is 0 Å². The molecule has 0 bridgehead atoms. The SMILES string of the molecule is O=S(=O)(NCCN1CCCC1)c1cc(CNC2CC2)cs1. The molecule has 0 atom stereocenters. The average Bonchev–Trinajstić information content (AvgIpc) is 2.93. The maximum Gasteiger partial charge on any atom is 0.250 e. The second kappa shape index (κ2) is 6.75. The number of thiophene rings is 1. The molecule has 1 aromatic heterocycles. The Bertz CT molecular complexity index is 561. The number of rotatable bonds is 8. The smallest absolute Gasteiger partial charge is 0.250 e. The Morgan fingerprint density at radius 2 is 2.05 bits per heavy atom. The molecule has 1 saturated heterocycles. The monoisotopic (exact) mass is 329 g/mol. The van der Waals surface area contributed by atoms with Gasteiger partial charge in [-0.1, -0.05) is 0 Å². The van der Waals surface area contributed by atoms with Gasteiger partial charge in [-0.25, -0.2) is 13.1 Å². The number of hydrogen-bond donors (Lipinski definition) is 2. The third-order valence-electron chi connectivity index (χ3n) is 3.99. The Morgan fingerprint density at radius 1 is 1.29 bits per heavy atom. The maximum absolute atomic E-state index is 12.2. The van der Waals surface area contributed by atoms with Crippen molar-refractivity contribution in [3.63, 3.8) is 0 Å². The lowest BCUT2D eigenvalue weighted by molar-refractivity contribution is 0.344. The van der Waals surface area contributed by atoms with Crippen molar-refractivity contribution in [3.05, 3.63) is 17.0 Å². The van der Waals surface area contributed by atoms with E-state index in [2.05, 4.69) is 14.9 Å². The van der Waals surface area contributed by atoms with Crippen LogP contribution in [0, 0.1) is 0 Å². The Morgan fingerprint density at radius 3 is 2.76 bits per heavy atom. The minimum Gasteiger partial charge on any atom is -0.310 e. The minimum atomic E-state index is -3.34. The van der Waals surface area contributed by atoms with Crippen LogP contribution in [0.15, 0.2) is 15.7 Å². The third-order valence-corrected chi connectivity index (χ3v) is 6.93. The fourth-order valence-corrected chi connectivity index (χ4v) is 4.83. The van der Waals surface area contributed by atoms with E-state index in [1.807, 2.05) is 5.38 Å². The van der Waals surface area contributed by atoms with Crippen molar-refractivity contribution in [2.45, 2.75) is 42.5 Å². The van der Waals surface area contributed by atoms with Gasteiger partial charge in [0.15, 0.2) is 0 Å². The summed E-state index contributed by atoms with van der Waals surface area (Å²) >= 11 is 1.31. The van der Waals surface area contributed by atoms with Crippen LogP contribution < -0.4 is 10.0 Å². The summed E-state index contributed by atoms with van der Waals surface area (Å²) in [6.45, 7) is 4.26. The minimum absolute atomic E-state index is 0.427. The summed E-state index contributed by atoms with van der Waals surface area (Å²) in [6.07, 6.45) is 4.95. The highest BCUT2D eigenvalue weighted by Gasteiger charge is 2.21. The number of sulfonamides is 1. The molecule has 1 saturated carbocycles. The summed E-state index contributed by atoms with van der Waals surface area (Å²) in [6, 6.07) is 2.43. The number of nitrogens with one attached hydrogen (secondary N) is 2. The molecule has 2 N–H and O–H groups in total. The van der Waals surface area contributed by atoms with Gasteiger partial charge in [-0.2, -0.15) is 0 Å². The Labute approximate surface area is 130 Å². The molecule has 7 heteroatoms. The van der Waals surface area contributed by atoms with E-state index in [-0.39, 0.29) is 0 Å². The van der Waals surface area contributed by atoms with Crippen LogP contribution >= 0.6 is 11.3 Å². The van der Waals surface area contributed by atoms with Gasteiger partial charge in [0, 0.05) is 25.7 Å². The summed E-state index contributed by atoms with van der Waals surface area (Å²) in [5.41, 5.74) is 1.06. The summed E-state index contributed by atoms with van der Waals surface area (Å²) < 4.78 is 27.6. The van der Waals surface area contributed by atoms with Crippen molar-refractivity contribution in [1.29, 1.82) is 0 Å². The standard InChI is InChI=1S/C14H23N3O2S2/c18-21(19,16-5-8-17-6-1-2-7-17)14-9-12(11-20-14)10-15-13-3-4-13/h9,11,13,15-16H,1-8,10H2. The van der Waals surface area contributed by atoms with E-state index in [9.17, 15) is 8.42 Å². The van der Waals surface area contributed by atoms with Crippen molar-refractivity contribution in [2.24, 2.45) is 0 Å². The molecule has 21 heavy (non-hydrogen) atoms. The lowest BCUT2D eigenvalue weighted by atomic mass is 10.3. The molecule has 0 aromatic carbocycles. The van der Waals surface area contributed by atoms with E-state index in [4.69, 9.17) is 0 Å². The summed E-state index contributed by atoms with van der Waals surface area (Å²) in [7, 11) is -3.34. The van der Waals surface area contributed by atoms with Gasteiger partial charge in [0.2, 0.25) is 10.0 Å². The zero-order chi connectivity index (χ0) is 14.7. The van der Waals surface area contributed by atoms with Crippen molar-refractivity contribution in [2.75, 3.05) is 26.2 Å². The molecule has 0 amide bonds. The van der Waals surface area contributed by atoms with E-state index >= 15 is 0 Å². The van der Waals surface area contributed by atoms with E-state index < -0.39 is 10.0 Å². The molecular weight excluding hydrogens is 306 g/mol. The number of hydrogen-bond acceptors (Lipinski definition) is 5. The molecule has 2 fully saturated rings. The largest absolute Gasteiger partial charge is 0.310 e. The van der Waals surface area contributed by atoms with Gasteiger partial charge in [0.1, 0.15) is 4.21 Å². The van der Waals surface area contributed by atoms with Gasteiger partial charge in [0.05, 0.1) is 0 Å². The first-order valence-electron chi connectivity index (χ1n) is 7.66. The predicted octanol–water partition coefficient (Wildman–Crippen LogP) is 1.37. The van der Waals surface area contributed by atoms with Crippen molar-refractivity contribution in [1.82, 2.24) is 14.9 Å². The van der Waals surface area contributed by atoms with Crippen LogP contribution in [0.4, 0.5) is 0 Å². The van der Waals surface area contributed by atoms with Gasteiger partial charge in [-0.05, 0) is 55.8 Å². The Kier molecular flexibility index (Phi) is 4.96. The summed E-state index contributed by atoms with van der Waals surface area (Å²) in [4.78, 5) is 2.31. The second-order valence-corrected chi connectivity index (χ2v) is 8.78. The normalized spacial score (nSPS) is 20.2. The molecule has 1 aliphatic carbocycles.